The van der Waals surface area contributed by atoms with Crippen LogP contribution in [0.4, 0.5) is 0 Å². The molecule has 0 N–H and O–H groups in total. The van der Waals surface area contributed by atoms with Crippen LogP contribution in [-0.2, 0) is 28.6 Å². The van der Waals surface area contributed by atoms with Crippen molar-refractivity contribution in [2.75, 3.05) is 13.2 Å². The maximum absolute atomic E-state index is 12.7. The van der Waals surface area contributed by atoms with Gasteiger partial charge in [0.15, 0.2) is 6.10 Å². The van der Waals surface area contributed by atoms with Gasteiger partial charge in [0, 0.05) is 19.3 Å². The van der Waals surface area contributed by atoms with Gasteiger partial charge < -0.3 is 14.2 Å². The van der Waals surface area contributed by atoms with E-state index in [2.05, 4.69) is 34.6 Å². The van der Waals surface area contributed by atoms with E-state index in [4.69, 9.17) is 14.2 Å². The first-order valence-electron chi connectivity index (χ1n) is 24.3. The molecule has 0 amide bonds. The number of ether oxygens (including phenoxy) is 3. The lowest BCUT2D eigenvalue weighted by molar-refractivity contribution is -0.167. The SMILES string of the molecule is CCCCCCCCCCCCCCCC(=O)OC[C@H](COC(=O)CCCCCCCCCCCCCC(C)C)OC(=O)CCCCCCCCC(C)CC. The van der Waals surface area contributed by atoms with Gasteiger partial charge in [0.1, 0.15) is 13.2 Å². The Hall–Kier alpha value is -1.59. The van der Waals surface area contributed by atoms with Gasteiger partial charge in [-0.25, -0.2) is 0 Å². The molecule has 0 aromatic rings. The fraction of sp³-hybridized carbons (Fsp3) is 0.939. The number of carbonyl (C=O) groups excluding carboxylic acids is 3. The molecule has 0 aliphatic rings. The Morgan fingerprint density at radius 2 is 0.691 bits per heavy atom. The Kier molecular flexibility index (Phi) is 40.8. The Labute approximate surface area is 342 Å². The van der Waals surface area contributed by atoms with E-state index in [-0.39, 0.29) is 31.1 Å². The fourth-order valence-corrected chi connectivity index (χ4v) is 7.25. The number of esters is 3. The van der Waals surface area contributed by atoms with Crippen molar-refractivity contribution in [2.45, 2.75) is 272 Å². The molecule has 55 heavy (non-hydrogen) atoms. The third-order valence-electron chi connectivity index (χ3n) is 11.3. The van der Waals surface area contributed by atoms with E-state index in [1.807, 2.05) is 0 Å². The molecular weight excluding hydrogens is 685 g/mol. The average Bonchev–Trinajstić information content (AvgIpc) is 3.17. The van der Waals surface area contributed by atoms with Crippen molar-refractivity contribution in [2.24, 2.45) is 11.8 Å². The predicted octanol–water partition coefficient (Wildman–Crippen LogP) is 15.4. The summed E-state index contributed by atoms with van der Waals surface area (Å²) in [5, 5.41) is 0. The molecule has 0 heterocycles. The molecule has 1 unspecified atom stereocenters. The molecule has 0 saturated heterocycles. The Morgan fingerprint density at radius 1 is 0.382 bits per heavy atom. The Balaban J connectivity index is 4.31. The van der Waals surface area contributed by atoms with Crippen LogP contribution in [0, 0.1) is 11.8 Å². The van der Waals surface area contributed by atoms with E-state index in [9.17, 15) is 14.4 Å². The van der Waals surface area contributed by atoms with Crippen LogP contribution in [-0.4, -0.2) is 37.2 Å². The molecule has 0 rings (SSSR count). The summed E-state index contributed by atoms with van der Waals surface area (Å²) < 4.78 is 16.7. The van der Waals surface area contributed by atoms with Crippen molar-refractivity contribution in [3.05, 3.63) is 0 Å². The highest BCUT2D eigenvalue weighted by molar-refractivity contribution is 5.71. The van der Waals surface area contributed by atoms with Gasteiger partial charge in [-0.15, -0.1) is 0 Å². The molecule has 0 spiro atoms. The topological polar surface area (TPSA) is 78.9 Å². The summed E-state index contributed by atoms with van der Waals surface area (Å²) in [5.41, 5.74) is 0. The highest BCUT2D eigenvalue weighted by Gasteiger charge is 2.19. The lowest BCUT2D eigenvalue weighted by Gasteiger charge is -2.18. The molecule has 0 saturated carbocycles. The molecular formula is C49H94O6. The summed E-state index contributed by atoms with van der Waals surface area (Å²) in [4.78, 5) is 37.8. The molecule has 0 radical (unpaired) electrons. The smallest absolute Gasteiger partial charge is 0.306 e. The first-order valence-corrected chi connectivity index (χ1v) is 24.3. The van der Waals surface area contributed by atoms with Crippen LogP contribution in [0.1, 0.15) is 266 Å². The Bertz CT molecular complexity index is 841. The van der Waals surface area contributed by atoms with E-state index in [0.29, 0.717) is 19.3 Å². The summed E-state index contributed by atoms with van der Waals surface area (Å²) in [6, 6.07) is 0. The van der Waals surface area contributed by atoms with Crippen LogP contribution in [0.25, 0.3) is 0 Å². The summed E-state index contributed by atoms with van der Waals surface area (Å²) in [6.45, 7) is 11.3. The van der Waals surface area contributed by atoms with Crippen LogP contribution < -0.4 is 0 Å². The molecule has 326 valence electrons. The van der Waals surface area contributed by atoms with Gasteiger partial charge >= 0.3 is 17.9 Å². The van der Waals surface area contributed by atoms with E-state index < -0.39 is 6.10 Å². The zero-order chi connectivity index (χ0) is 40.5. The fourth-order valence-electron chi connectivity index (χ4n) is 7.25. The van der Waals surface area contributed by atoms with Gasteiger partial charge in [-0.3, -0.25) is 14.4 Å². The summed E-state index contributed by atoms with van der Waals surface area (Å²) in [6.07, 6.45) is 40.9. The van der Waals surface area contributed by atoms with Crippen LogP contribution in [0.2, 0.25) is 0 Å². The molecule has 2 atom stereocenters. The number of carbonyl (C=O) groups is 3. The van der Waals surface area contributed by atoms with Gasteiger partial charge in [0.25, 0.3) is 0 Å². The highest BCUT2D eigenvalue weighted by atomic mass is 16.6. The second kappa shape index (κ2) is 42.0. The zero-order valence-electron chi connectivity index (χ0n) is 37.6. The first-order chi connectivity index (χ1) is 26.8. The highest BCUT2D eigenvalue weighted by Crippen LogP contribution is 2.17. The van der Waals surface area contributed by atoms with E-state index in [1.165, 1.54) is 154 Å². The number of hydrogen-bond donors (Lipinski definition) is 0. The van der Waals surface area contributed by atoms with E-state index in [1.54, 1.807) is 0 Å². The molecule has 6 nitrogen and oxygen atoms in total. The lowest BCUT2D eigenvalue weighted by Crippen LogP contribution is -2.30. The molecule has 0 aromatic carbocycles. The Morgan fingerprint density at radius 3 is 1.04 bits per heavy atom. The predicted molar refractivity (Wildman–Crippen MR) is 233 cm³/mol. The van der Waals surface area contributed by atoms with Crippen molar-refractivity contribution in [3.8, 4) is 0 Å². The van der Waals surface area contributed by atoms with Crippen molar-refractivity contribution in [3.63, 3.8) is 0 Å². The first kappa shape index (κ1) is 53.4. The van der Waals surface area contributed by atoms with Crippen molar-refractivity contribution >= 4 is 17.9 Å². The average molecular weight is 779 g/mol. The second-order valence-electron chi connectivity index (χ2n) is 17.5. The van der Waals surface area contributed by atoms with Crippen LogP contribution in [0.15, 0.2) is 0 Å². The normalized spacial score (nSPS) is 12.5. The quantitative estimate of drug-likeness (QED) is 0.0348. The third-order valence-corrected chi connectivity index (χ3v) is 11.3. The summed E-state index contributed by atoms with van der Waals surface area (Å²) in [7, 11) is 0. The zero-order valence-corrected chi connectivity index (χ0v) is 37.6. The number of hydrogen-bond acceptors (Lipinski definition) is 6. The second-order valence-corrected chi connectivity index (χ2v) is 17.5. The maximum Gasteiger partial charge on any atom is 0.306 e. The van der Waals surface area contributed by atoms with Crippen molar-refractivity contribution in [1.82, 2.24) is 0 Å². The molecule has 6 heteroatoms. The molecule has 0 aliphatic carbocycles. The standard InChI is InChI=1S/C49H94O6/c1-6-8-9-10-11-12-13-14-17-20-23-29-34-39-47(50)53-42-46(55-49(52)41-36-31-26-25-28-33-38-45(5)7-2)43-54-48(51)40-35-30-24-21-18-15-16-19-22-27-32-37-44(3)4/h44-46H,6-43H2,1-5H3/t45?,46-/m1/s1. The minimum atomic E-state index is -0.761. The summed E-state index contributed by atoms with van der Waals surface area (Å²) in [5.74, 6) is 0.781. The number of rotatable bonds is 43. The van der Waals surface area contributed by atoms with Crippen molar-refractivity contribution < 1.29 is 28.6 Å². The van der Waals surface area contributed by atoms with Gasteiger partial charge in [0.2, 0.25) is 0 Å². The maximum atomic E-state index is 12.7. The molecule has 0 aliphatic heterocycles. The van der Waals surface area contributed by atoms with Crippen LogP contribution in [0.5, 0.6) is 0 Å². The van der Waals surface area contributed by atoms with Crippen molar-refractivity contribution in [1.29, 1.82) is 0 Å². The third kappa shape index (κ3) is 41.9. The van der Waals surface area contributed by atoms with E-state index >= 15 is 0 Å². The largest absolute Gasteiger partial charge is 0.462 e. The van der Waals surface area contributed by atoms with Gasteiger partial charge in [-0.2, -0.15) is 0 Å². The van der Waals surface area contributed by atoms with Crippen LogP contribution in [0.3, 0.4) is 0 Å². The van der Waals surface area contributed by atoms with Gasteiger partial charge in [-0.05, 0) is 31.1 Å². The monoisotopic (exact) mass is 779 g/mol. The van der Waals surface area contributed by atoms with Gasteiger partial charge in [0.05, 0.1) is 0 Å². The summed E-state index contributed by atoms with van der Waals surface area (Å²) >= 11 is 0. The minimum Gasteiger partial charge on any atom is -0.462 e. The molecule has 0 bridgehead atoms. The van der Waals surface area contributed by atoms with Crippen LogP contribution >= 0.6 is 0 Å². The van der Waals surface area contributed by atoms with E-state index in [0.717, 1.165) is 69.6 Å². The molecule has 0 fully saturated rings. The molecule has 0 aromatic heterocycles. The minimum absolute atomic E-state index is 0.0651. The van der Waals surface area contributed by atoms with Gasteiger partial charge in [-0.1, -0.05) is 227 Å². The lowest BCUT2D eigenvalue weighted by atomic mass is 10.00. The number of unbranched alkanes of at least 4 members (excludes halogenated alkanes) is 27.